The van der Waals surface area contributed by atoms with Crippen molar-refractivity contribution >= 4 is 33.0 Å². The minimum absolute atomic E-state index is 0.0368. The van der Waals surface area contributed by atoms with Crippen molar-refractivity contribution in [2.45, 2.75) is 4.90 Å². The molecule has 4 nitrogen and oxygen atoms in total. The maximum Gasteiger partial charge on any atom is 0.263 e. The second-order valence-electron chi connectivity index (χ2n) is 3.95. The van der Waals surface area contributed by atoms with Gasteiger partial charge >= 0.3 is 0 Å². The lowest BCUT2D eigenvalue weighted by Gasteiger charge is -2.10. The zero-order chi connectivity index (χ0) is 14.9. The molecule has 0 aliphatic rings. The van der Waals surface area contributed by atoms with Crippen LogP contribution in [0.5, 0.6) is 0 Å². The average molecular weight is 319 g/mol. The lowest BCUT2D eigenvalue weighted by atomic mass is 10.3. The van der Waals surface area contributed by atoms with E-state index in [0.717, 1.165) is 30.3 Å². The van der Waals surface area contributed by atoms with Crippen molar-refractivity contribution in [1.82, 2.24) is 0 Å². The third-order valence-electron chi connectivity index (χ3n) is 2.38. The highest BCUT2D eigenvalue weighted by Gasteiger charge is 2.18. The van der Waals surface area contributed by atoms with Gasteiger partial charge in [0.15, 0.2) is 0 Å². The van der Waals surface area contributed by atoms with Gasteiger partial charge in [0.1, 0.15) is 16.5 Å². The first-order chi connectivity index (χ1) is 9.28. The van der Waals surface area contributed by atoms with E-state index in [9.17, 15) is 17.2 Å². The van der Waals surface area contributed by atoms with Crippen LogP contribution in [0.25, 0.3) is 0 Å². The van der Waals surface area contributed by atoms with Crippen molar-refractivity contribution in [3.8, 4) is 0 Å². The Morgan fingerprint density at radius 2 is 1.75 bits per heavy atom. The van der Waals surface area contributed by atoms with E-state index in [4.69, 9.17) is 17.3 Å². The lowest BCUT2D eigenvalue weighted by molar-refractivity contribution is 0.600. The second-order valence-corrected chi connectivity index (χ2v) is 6.03. The van der Waals surface area contributed by atoms with Crippen LogP contribution in [0.4, 0.5) is 20.2 Å². The summed E-state index contributed by atoms with van der Waals surface area (Å²) >= 11 is 5.63. The summed E-state index contributed by atoms with van der Waals surface area (Å²) in [7, 11) is -4.06. The van der Waals surface area contributed by atoms with E-state index in [1.54, 1.807) is 0 Å². The summed E-state index contributed by atoms with van der Waals surface area (Å²) in [5.74, 6) is -1.35. The van der Waals surface area contributed by atoms with Crippen molar-refractivity contribution in [2.75, 3.05) is 10.5 Å². The van der Waals surface area contributed by atoms with Crippen molar-refractivity contribution in [2.24, 2.45) is 0 Å². The molecule has 0 radical (unpaired) electrons. The average Bonchev–Trinajstić information content (AvgIpc) is 2.25. The Bertz CT molecular complexity index is 746. The lowest BCUT2D eigenvalue weighted by Crippen LogP contribution is -2.15. The van der Waals surface area contributed by atoms with Crippen molar-refractivity contribution in [1.29, 1.82) is 0 Å². The van der Waals surface area contributed by atoms with Crippen LogP contribution < -0.4 is 10.5 Å². The molecule has 0 aliphatic heterocycles. The molecule has 20 heavy (non-hydrogen) atoms. The summed E-state index contributed by atoms with van der Waals surface area (Å²) in [6.07, 6.45) is 0. The summed E-state index contributed by atoms with van der Waals surface area (Å²) in [4.78, 5) is -0.306. The highest BCUT2D eigenvalue weighted by molar-refractivity contribution is 7.92. The van der Waals surface area contributed by atoms with Gasteiger partial charge in [-0.15, -0.1) is 0 Å². The molecule has 0 atom stereocenters. The normalized spacial score (nSPS) is 11.3. The highest BCUT2D eigenvalue weighted by Crippen LogP contribution is 2.24. The number of rotatable bonds is 3. The molecule has 0 spiro atoms. The molecule has 0 saturated heterocycles. The van der Waals surface area contributed by atoms with Gasteiger partial charge in [-0.2, -0.15) is 0 Å². The largest absolute Gasteiger partial charge is 0.398 e. The number of sulfonamides is 1. The van der Waals surface area contributed by atoms with Crippen LogP contribution in [0, 0.1) is 11.6 Å². The van der Waals surface area contributed by atoms with Gasteiger partial charge < -0.3 is 5.73 Å². The summed E-state index contributed by atoms with van der Waals surface area (Å²) in [6.45, 7) is 0. The molecule has 106 valence electrons. The number of hydrogen-bond donors (Lipinski definition) is 2. The van der Waals surface area contributed by atoms with Gasteiger partial charge in [0.25, 0.3) is 10.0 Å². The Kier molecular flexibility index (Phi) is 3.82. The fourth-order valence-corrected chi connectivity index (χ4v) is 2.96. The zero-order valence-electron chi connectivity index (χ0n) is 9.90. The van der Waals surface area contributed by atoms with Crippen LogP contribution >= 0.6 is 11.6 Å². The molecule has 0 heterocycles. The molecule has 2 aromatic rings. The van der Waals surface area contributed by atoms with E-state index >= 15 is 0 Å². The number of benzene rings is 2. The quantitative estimate of drug-likeness (QED) is 0.854. The van der Waals surface area contributed by atoms with Crippen molar-refractivity contribution in [3.05, 3.63) is 53.1 Å². The standard InChI is InChI=1S/C12H9ClF2N2O2S/c13-7-3-9(15)5-10(4-7)17-20(18,19)12-2-1-8(14)6-11(12)16/h1-6,17H,16H2. The Hall–Kier alpha value is -1.86. The Labute approximate surface area is 119 Å². The first-order valence-corrected chi connectivity index (χ1v) is 7.18. The van der Waals surface area contributed by atoms with E-state index < -0.39 is 21.7 Å². The summed E-state index contributed by atoms with van der Waals surface area (Å²) in [5, 5.41) is 0.0368. The molecule has 0 aromatic heterocycles. The molecule has 2 rings (SSSR count). The molecular formula is C12H9ClF2N2O2S. The number of anilines is 2. The fourth-order valence-electron chi connectivity index (χ4n) is 1.59. The summed E-state index contributed by atoms with van der Waals surface area (Å²) in [5.41, 5.74) is 5.15. The van der Waals surface area contributed by atoms with E-state index in [-0.39, 0.29) is 21.3 Å². The molecule has 0 unspecified atom stereocenters. The minimum Gasteiger partial charge on any atom is -0.398 e. The third kappa shape index (κ3) is 3.17. The fraction of sp³-hybridized carbons (Fsp3) is 0. The number of hydrogen-bond acceptors (Lipinski definition) is 3. The van der Waals surface area contributed by atoms with Crippen LogP contribution in [-0.4, -0.2) is 8.42 Å². The van der Waals surface area contributed by atoms with Gasteiger partial charge in [-0.05, 0) is 36.4 Å². The number of nitrogens with one attached hydrogen (secondary N) is 1. The maximum absolute atomic E-state index is 13.1. The van der Waals surface area contributed by atoms with E-state index in [0.29, 0.717) is 0 Å². The third-order valence-corrected chi connectivity index (χ3v) is 4.05. The van der Waals surface area contributed by atoms with Gasteiger partial charge in [0, 0.05) is 5.02 Å². The predicted octanol–water partition coefficient (Wildman–Crippen LogP) is 3.00. The number of nitrogens with two attached hydrogens (primary N) is 1. The van der Waals surface area contributed by atoms with Gasteiger partial charge in [-0.3, -0.25) is 4.72 Å². The molecule has 8 heteroatoms. The monoisotopic (exact) mass is 318 g/mol. The Morgan fingerprint density at radius 3 is 2.35 bits per heavy atom. The van der Waals surface area contributed by atoms with E-state index in [1.165, 1.54) is 6.07 Å². The summed E-state index contributed by atoms with van der Waals surface area (Å²) < 4.78 is 52.3. The van der Waals surface area contributed by atoms with Crippen molar-refractivity contribution in [3.63, 3.8) is 0 Å². The molecule has 0 bridgehead atoms. The van der Waals surface area contributed by atoms with E-state index in [1.807, 2.05) is 0 Å². The van der Waals surface area contributed by atoms with Gasteiger partial charge in [-0.1, -0.05) is 11.6 Å². The van der Waals surface area contributed by atoms with Crippen molar-refractivity contribution < 1.29 is 17.2 Å². The molecule has 0 saturated carbocycles. The van der Waals surface area contributed by atoms with Gasteiger partial charge in [0.05, 0.1) is 11.4 Å². The molecule has 0 amide bonds. The number of halogens is 3. The maximum atomic E-state index is 13.1. The summed E-state index contributed by atoms with van der Waals surface area (Å²) in [6, 6.07) is 6.10. The van der Waals surface area contributed by atoms with Crippen LogP contribution in [-0.2, 0) is 10.0 Å². The van der Waals surface area contributed by atoms with Crippen LogP contribution in [0.15, 0.2) is 41.3 Å². The SMILES string of the molecule is Nc1cc(F)ccc1S(=O)(=O)Nc1cc(F)cc(Cl)c1. The Morgan fingerprint density at radius 1 is 1.05 bits per heavy atom. The molecule has 2 aromatic carbocycles. The smallest absolute Gasteiger partial charge is 0.263 e. The highest BCUT2D eigenvalue weighted by atomic mass is 35.5. The Balaban J connectivity index is 2.40. The number of nitrogen functional groups attached to an aromatic ring is 1. The first-order valence-electron chi connectivity index (χ1n) is 5.32. The van der Waals surface area contributed by atoms with Crippen LogP contribution in [0.2, 0.25) is 5.02 Å². The van der Waals surface area contributed by atoms with Gasteiger partial charge in [-0.25, -0.2) is 17.2 Å². The topological polar surface area (TPSA) is 72.2 Å². The molecular weight excluding hydrogens is 310 g/mol. The second kappa shape index (κ2) is 5.26. The van der Waals surface area contributed by atoms with E-state index in [2.05, 4.69) is 4.72 Å². The predicted molar refractivity (Wildman–Crippen MR) is 73.0 cm³/mol. The zero-order valence-corrected chi connectivity index (χ0v) is 11.5. The van der Waals surface area contributed by atoms with Crippen LogP contribution in [0.3, 0.4) is 0 Å². The van der Waals surface area contributed by atoms with Gasteiger partial charge in [0.2, 0.25) is 0 Å². The first kappa shape index (κ1) is 14.5. The minimum atomic E-state index is -4.06. The van der Waals surface area contributed by atoms with Crippen LogP contribution in [0.1, 0.15) is 0 Å². The molecule has 3 N–H and O–H groups in total. The molecule has 0 fully saturated rings. The molecule has 0 aliphatic carbocycles.